The zero-order valence-electron chi connectivity index (χ0n) is 15.8. The molecule has 0 radical (unpaired) electrons. The van der Waals surface area contributed by atoms with Crippen molar-refractivity contribution in [1.82, 2.24) is 0 Å². The smallest absolute Gasteiger partial charge is 0.323 e. The number of quaternary nitrogens is 1. The van der Waals surface area contributed by atoms with Crippen molar-refractivity contribution < 1.29 is 23.7 Å². The highest BCUT2D eigenvalue weighted by atomic mass is 31.2. The fraction of sp³-hybridized carbons (Fsp3) is 1.00. The van der Waals surface area contributed by atoms with Crippen LogP contribution in [-0.4, -0.2) is 45.3 Å². The molecule has 0 saturated heterocycles. The van der Waals surface area contributed by atoms with Gasteiger partial charge in [-0.05, 0) is 0 Å². The van der Waals surface area contributed by atoms with E-state index in [1.807, 2.05) is 0 Å². The first-order valence-corrected chi connectivity index (χ1v) is 9.86. The van der Waals surface area contributed by atoms with Crippen molar-refractivity contribution in [2.24, 2.45) is 23.7 Å². The summed E-state index contributed by atoms with van der Waals surface area (Å²) in [5.74, 6) is 3.19. The summed E-state index contributed by atoms with van der Waals surface area (Å²) in [4.78, 5) is 21.6. The third kappa shape index (κ3) is 18.1. The lowest BCUT2D eigenvalue weighted by Gasteiger charge is -2.44. The van der Waals surface area contributed by atoms with E-state index in [4.69, 9.17) is 19.2 Å². The van der Waals surface area contributed by atoms with Gasteiger partial charge in [0.25, 0.3) is 0 Å². The molecule has 136 valence electrons. The molecule has 0 atom stereocenters. The summed E-state index contributed by atoms with van der Waals surface area (Å²) in [6.07, 6.45) is 0. The average molecular weight is 340 g/mol. The highest BCUT2D eigenvalue weighted by molar-refractivity contribution is 7.45. The van der Waals surface area contributed by atoms with E-state index in [0.717, 1.165) is 23.7 Å². The van der Waals surface area contributed by atoms with E-state index in [1.165, 1.54) is 30.7 Å². The summed E-state index contributed by atoms with van der Waals surface area (Å²) in [5.41, 5.74) is 0. The summed E-state index contributed by atoms with van der Waals surface area (Å²) in [7, 11) is -4.64. The number of hydrogen-bond acceptors (Lipinski definition) is 1. The highest BCUT2D eigenvalue weighted by Crippen LogP contribution is 2.25. The first-order chi connectivity index (χ1) is 9.67. The summed E-state index contributed by atoms with van der Waals surface area (Å²) < 4.78 is 10.2. The molecule has 0 aliphatic rings. The van der Waals surface area contributed by atoms with Crippen LogP contribution < -0.4 is 0 Å². The number of phosphoric acid groups is 1. The van der Waals surface area contributed by atoms with Crippen LogP contribution in [0.15, 0.2) is 0 Å². The van der Waals surface area contributed by atoms with Crippen LogP contribution in [0.5, 0.6) is 0 Å². The largest absolute Gasteiger partial charge is 0.466 e. The molecule has 0 aromatic carbocycles. The molecule has 0 amide bonds. The van der Waals surface area contributed by atoms with Crippen molar-refractivity contribution in [3.63, 3.8) is 0 Å². The van der Waals surface area contributed by atoms with Gasteiger partial charge in [0, 0.05) is 23.7 Å². The number of nitrogens with zero attached hydrogens (tertiary/aromatic N) is 1. The molecule has 0 rings (SSSR count). The second-order valence-corrected chi connectivity index (χ2v) is 9.19. The van der Waals surface area contributed by atoms with E-state index in [0.29, 0.717) is 0 Å². The van der Waals surface area contributed by atoms with Gasteiger partial charge < -0.3 is 19.2 Å². The van der Waals surface area contributed by atoms with Crippen LogP contribution in [-0.2, 0) is 4.57 Å². The Kier molecular flexibility index (Phi) is 11.9. The van der Waals surface area contributed by atoms with Crippen LogP contribution in [0.3, 0.4) is 0 Å². The quantitative estimate of drug-likeness (QED) is 0.467. The second kappa shape index (κ2) is 10.8. The molecule has 22 heavy (non-hydrogen) atoms. The molecule has 0 aromatic rings. The van der Waals surface area contributed by atoms with E-state index >= 15 is 0 Å². The van der Waals surface area contributed by atoms with Crippen LogP contribution in [0.1, 0.15) is 55.4 Å². The van der Waals surface area contributed by atoms with Crippen LogP contribution in [0.4, 0.5) is 0 Å². The zero-order valence-corrected chi connectivity index (χ0v) is 16.7. The third-order valence-corrected chi connectivity index (χ3v) is 3.01. The second-order valence-electron chi connectivity index (χ2n) is 8.16. The van der Waals surface area contributed by atoms with E-state index < -0.39 is 7.82 Å². The Morgan fingerprint density at radius 2 is 0.773 bits per heavy atom. The molecule has 0 fully saturated rings. The van der Waals surface area contributed by atoms with Gasteiger partial charge in [0.05, 0.1) is 26.2 Å². The van der Waals surface area contributed by atoms with Gasteiger partial charge in [-0.15, -0.1) is 0 Å². The van der Waals surface area contributed by atoms with Crippen LogP contribution in [0.2, 0.25) is 0 Å². The van der Waals surface area contributed by atoms with Gasteiger partial charge in [0.1, 0.15) is 0 Å². The Morgan fingerprint density at radius 3 is 0.864 bits per heavy atom. The third-order valence-electron chi connectivity index (χ3n) is 3.01. The van der Waals surface area contributed by atoms with Crippen molar-refractivity contribution in [1.29, 1.82) is 0 Å². The molecular weight excluding hydrogens is 301 g/mol. The van der Waals surface area contributed by atoms with Crippen LogP contribution in [0, 0.1) is 23.7 Å². The Labute approximate surface area is 137 Å². The molecule has 0 saturated carbocycles. The first-order valence-electron chi connectivity index (χ1n) is 8.30. The Hall–Kier alpha value is 0.0700. The maximum atomic E-state index is 8.88. The zero-order chi connectivity index (χ0) is 18.1. The van der Waals surface area contributed by atoms with Gasteiger partial charge in [-0.2, -0.15) is 0 Å². The van der Waals surface area contributed by atoms with Crippen molar-refractivity contribution in [3.8, 4) is 0 Å². The lowest BCUT2D eigenvalue weighted by Crippen LogP contribution is -2.56. The molecule has 0 spiro atoms. The van der Waals surface area contributed by atoms with Crippen molar-refractivity contribution in [2.45, 2.75) is 55.4 Å². The summed E-state index contributed by atoms with van der Waals surface area (Å²) in [5, 5.41) is 0. The molecule has 6 heteroatoms. The van der Waals surface area contributed by atoms with Crippen molar-refractivity contribution >= 4 is 7.82 Å². The fourth-order valence-electron chi connectivity index (χ4n) is 3.55. The predicted molar refractivity (Wildman–Crippen MR) is 93.3 cm³/mol. The molecule has 0 aliphatic carbocycles. The normalized spacial score (nSPS) is 13.0. The number of rotatable bonds is 8. The Bertz CT molecular complexity index is 270. The minimum Gasteiger partial charge on any atom is -0.323 e. The lowest BCUT2D eigenvalue weighted by atomic mass is 10.0. The summed E-state index contributed by atoms with van der Waals surface area (Å²) >= 11 is 0. The number of hydrogen-bond donors (Lipinski definition) is 3. The van der Waals surface area contributed by atoms with Gasteiger partial charge >= 0.3 is 7.82 Å². The minimum absolute atomic E-state index is 0.797. The molecule has 3 N–H and O–H groups in total. The maximum absolute atomic E-state index is 8.88. The molecule has 0 heterocycles. The van der Waals surface area contributed by atoms with Gasteiger partial charge in [-0.25, -0.2) is 4.57 Å². The molecule has 0 bridgehead atoms. The van der Waals surface area contributed by atoms with E-state index in [2.05, 4.69) is 55.4 Å². The maximum Gasteiger partial charge on any atom is 0.466 e. The Balaban J connectivity index is 0. The van der Waals surface area contributed by atoms with Crippen LogP contribution in [0.25, 0.3) is 0 Å². The van der Waals surface area contributed by atoms with E-state index in [1.54, 1.807) is 0 Å². The first kappa shape index (κ1) is 24.3. The summed E-state index contributed by atoms with van der Waals surface area (Å²) in [6.45, 7) is 24.3. The molecule has 0 aliphatic heterocycles. The van der Waals surface area contributed by atoms with Gasteiger partial charge in [-0.1, -0.05) is 55.4 Å². The lowest BCUT2D eigenvalue weighted by molar-refractivity contribution is -0.938. The minimum atomic E-state index is -4.64. The SMILES string of the molecule is CC(C)C[N+](CC(C)C)(CC(C)C)CC(C)C.O=P(O)(O)O. The van der Waals surface area contributed by atoms with Crippen LogP contribution >= 0.6 is 7.82 Å². The topological polar surface area (TPSA) is 77.8 Å². The highest BCUT2D eigenvalue weighted by Gasteiger charge is 2.31. The molecule has 5 nitrogen and oxygen atoms in total. The molecule has 0 unspecified atom stereocenters. The molecular formula is C16H39NO4P+. The van der Waals surface area contributed by atoms with E-state index in [9.17, 15) is 0 Å². The van der Waals surface area contributed by atoms with E-state index in [-0.39, 0.29) is 0 Å². The van der Waals surface area contributed by atoms with Crippen molar-refractivity contribution in [2.75, 3.05) is 26.2 Å². The van der Waals surface area contributed by atoms with Gasteiger partial charge in [-0.3, -0.25) is 0 Å². The van der Waals surface area contributed by atoms with Gasteiger partial charge in [0.15, 0.2) is 0 Å². The molecule has 0 aromatic heterocycles. The summed E-state index contributed by atoms with van der Waals surface area (Å²) in [6, 6.07) is 0. The average Bonchev–Trinajstić information content (AvgIpc) is 2.06. The monoisotopic (exact) mass is 340 g/mol. The predicted octanol–water partition coefficient (Wildman–Crippen LogP) is 3.50. The van der Waals surface area contributed by atoms with Crippen molar-refractivity contribution in [3.05, 3.63) is 0 Å². The standard InChI is InChI=1S/C16H36N.H3O4P/c1-13(2)9-17(10-14(3)4,11-15(5)6)12-16(7)8;1-5(2,3)4/h13-16H,9-12H2,1-8H3;(H3,1,2,3,4)/q+1;. The Morgan fingerprint density at radius 1 is 0.636 bits per heavy atom. The van der Waals surface area contributed by atoms with Gasteiger partial charge in [0.2, 0.25) is 0 Å². The fourth-order valence-corrected chi connectivity index (χ4v) is 3.55.